The standard InChI is InChI=1S/C13H25NO2/c1-13(2,3)12(15)10-14(4)9-11-5-7-16-8-6-11/h11H,5-10H2,1-4H3. The van der Waals surface area contributed by atoms with Crippen molar-refractivity contribution in [3.8, 4) is 0 Å². The molecule has 16 heavy (non-hydrogen) atoms. The Morgan fingerprint density at radius 3 is 2.38 bits per heavy atom. The normalized spacial score (nSPS) is 19.1. The minimum atomic E-state index is -0.218. The monoisotopic (exact) mass is 227 g/mol. The number of hydrogen-bond donors (Lipinski definition) is 0. The molecule has 1 heterocycles. The van der Waals surface area contributed by atoms with Crippen molar-refractivity contribution in [1.29, 1.82) is 0 Å². The third-order valence-electron chi connectivity index (χ3n) is 3.16. The van der Waals surface area contributed by atoms with Crippen LogP contribution in [0.2, 0.25) is 0 Å². The summed E-state index contributed by atoms with van der Waals surface area (Å²) in [6, 6.07) is 0. The number of carbonyl (C=O) groups excluding carboxylic acids is 1. The van der Waals surface area contributed by atoms with Crippen molar-refractivity contribution < 1.29 is 9.53 Å². The number of likely N-dealkylation sites (N-methyl/N-ethyl adjacent to an activating group) is 1. The quantitative estimate of drug-likeness (QED) is 0.735. The highest BCUT2D eigenvalue weighted by Crippen LogP contribution is 2.18. The largest absolute Gasteiger partial charge is 0.381 e. The first-order valence-electron chi connectivity index (χ1n) is 6.19. The Labute approximate surface area is 99.1 Å². The fourth-order valence-corrected chi connectivity index (χ4v) is 1.92. The van der Waals surface area contributed by atoms with E-state index in [-0.39, 0.29) is 5.41 Å². The number of carbonyl (C=O) groups is 1. The topological polar surface area (TPSA) is 29.5 Å². The Balaban J connectivity index is 2.29. The zero-order chi connectivity index (χ0) is 12.2. The molecule has 0 aromatic carbocycles. The molecule has 1 rings (SSSR count). The van der Waals surface area contributed by atoms with Crippen LogP contribution >= 0.6 is 0 Å². The van der Waals surface area contributed by atoms with Gasteiger partial charge < -0.3 is 4.74 Å². The van der Waals surface area contributed by atoms with E-state index in [9.17, 15) is 4.79 Å². The minimum absolute atomic E-state index is 0.218. The van der Waals surface area contributed by atoms with Crippen molar-refractivity contribution in [2.75, 3.05) is 33.4 Å². The molecule has 1 aliphatic rings. The second-order valence-electron chi connectivity index (χ2n) is 5.93. The predicted octanol–water partition coefficient (Wildman–Crippen LogP) is 1.96. The van der Waals surface area contributed by atoms with Crippen LogP contribution in [0, 0.1) is 11.3 Å². The summed E-state index contributed by atoms with van der Waals surface area (Å²) in [6.45, 7) is 9.30. The van der Waals surface area contributed by atoms with Crippen molar-refractivity contribution >= 4 is 5.78 Å². The summed E-state index contributed by atoms with van der Waals surface area (Å²) in [6.07, 6.45) is 2.27. The van der Waals surface area contributed by atoms with Crippen molar-refractivity contribution in [2.45, 2.75) is 33.6 Å². The lowest BCUT2D eigenvalue weighted by Crippen LogP contribution is -2.37. The van der Waals surface area contributed by atoms with E-state index in [2.05, 4.69) is 4.90 Å². The molecule has 0 aromatic rings. The molecule has 1 aliphatic heterocycles. The molecule has 0 aromatic heterocycles. The number of nitrogens with zero attached hydrogens (tertiary/aromatic N) is 1. The number of ketones is 1. The zero-order valence-electron chi connectivity index (χ0n) is 11.1. The smallest absolute Gasteiger partial charge is 0.152 e. The van der Waals surface area contributed by atoms with Crippen LogP contribution in [0.15, 0.2) is 0 Å². The first-order valence-corrected chi connectivity index (χ1v) is 6.19. The van der Waals surface area contributed by atoms with E-state index in [0.717, 1.165) is 32.6 Å². The Hall–Kier alpha value is -0.410. The van der Waals surface area contributed by atoms with Crippen LogP contribution in [0.1, 0.15) is 33.6 Å². The number of rotatable bonds is 4. The molecule has 0 saturated carbocycles. The van der Waals surface area contributed by atoms with E-state index in [4.69, 9.17) is 4.74 Å². The van der Waals surface area contributed by atoms with E-state index in [1.165, 1.54) is 0 Å². The molecule has 94 valence electrons. The van der Waals surface area contributed by atoms with Gasteiger partial charge in [0.15, 0.2) is 5.78 Å². The third-order valence-corrected chi connectivity index (χ3v) is 3.16. The first-order chi connectivity index (χ1) is 7.39. The molecule has 0 amide bonds. The van der Waals surface area contributed by atoms with Gasteiger partial charge in [0.2, 0.25) is 0 Å². The van der Waals surface area contributed by atoms with Crippen LogP contribution in [0.3, 0.4) is 0 Å². The average molecular weight is 227 g/mol. The number of Topliss-reactive ketones (excluding diaryl/α,β-unsaturated/α-hetero) is 1. The third kappa shape index (κ3) is 4.62. The van der Waals surface area contributed by atoms with Gasteiger partial charge in [-0.05, 0) is 25.8 Å². The summed E-state index contributed by atoms with van der Waals surface area (Å²) in [7, 11) is 2.04. The first kappa shape index (κ1) is 13.7. The number of hydrogen-bond acceptors (Lipinski definition) is 3. The molecule has 0 aliphatic carbocycles. The predicted molar refractivity (Wildman–Crippen MR) is 65.5 cm³/mol. The Morgan fingerprint density at radius 1 is 1.31 bits per heavy atom. The van der Waals surface area contributed by atoms with Gasteiger partial charge in [0.1, 0.15) is 0 Å². The van der Waals surface area contributed by atoms with E-state index < -0.39 is 0 Å². The Bertz CT molecular complexity index is 227. The summed E-state index contributed by atoms with van der Waals surface area (Å²) < 4.78 is 5.33. The van der Waals surface area contributed by atoms with Gasteiger partial charge in [0.05, 0.1) is 6.54 Å². The highest BCUT2D eigenvalue weighted by atomic mass is 16.5. The molecular weight excluding hydrogens is 202 g/mol. The van der Waals surface area contributed by atoms with Crippen LogP contribution in [0.4, 0.5) is 0 Å². The maximum absolute atomic E-state index is 11.9. The fraction of sp³-hybridized carbons (Fsp3) is 0.923. The molecule has 3 heteroatoms. The van der Waals surface area contributed by atoms with Gasteiger partial charge in [-0.2, -0.15) is 0 Å². The molecular formula is C13H25NO2. The lowest BCUT2D eigenvalue weighted by molar-refractivity contribution is -0.127. The summed E-state index contributed by atoms with van der Waals surface area (Å²) >= 11 is 0. The Kier molecular flexibility index (Phi) is 4.93. The van der Waals surface area contributed by atoms with E-state index >= 15 is 0 Å². The lowest BCUT2D eigenvalue weighted by Gasteiger charge is -2.28. The summed E-state index contributed by atoms with van der Waals surface area (Å²) in [5.41, 5.74) is -0.218. The van der Waals surface area contributed by atoms with Gasteiger partial charge >= 0.3 is 0 Å². The molecule has 0 N–H and O–H groups in total. The van der Waals surface area contributed by atoms with Gasteiger partial charge in [0, 0.05) is 25.2 Å². The second-order valence-corrected chi connectivity index (χ2v) is 5.93. The second kappa shape index (κ2) is 5.78. The summed E-state index contributed by atoms with van der Waals surface area (Å²) in [4.78, 5) is 14.0. The molecule has 3 nitrogen and oxygen atoms in total. The lowest BCUT2D eigenvalue weighted by atomic mass is 9.90. The highest BCUT2D eigenvalue weighted by Gasteiger charge is 2.23. The van der Waals surface area contributed by atoms with Gasteiger partial charge in [-0.15, -0.1) is 0 Å². The van der Waals surface area contributed by atoms with Crippen molar-refractivity contribution in [3.05, 3.63) is 0 Å². The van der Waals surface area contributed by atoms with Crippen molar-refractivity contribution in [2.24, 2.45) is 11.3 Å². The van der Waals surface area contributed by atoms with Crippen molar-refractivity contribution in [1.82, 2.24) is 4.90 Å². The molecule has 1 saturated heterocycles. The van der Waals surface area contributed by atoms with Crippen molar-refractivity contribution in [3.63, 3.8) is 0 Å². The SMILES string of the molecule is CN(CC(=O)C(C)(C)C)CC1CCOCC1. The molecule has 0 unspecified atom stereocenters. The van der Waals surface area contributed by atoms with Crippen LogP contribution in [-0.4, -0.2) is 44.0 Å². The fourth-order valence-electron chi connectivity index (χ4n) is 1.92. The van der Waals surface area contributed by atoms with E-state index in [0.29, 0.717) is 18.2 Å². The summed E-state index contributed by atoms with van der Waals surface area (Å²) in [5, 5.41) is 0. The maximum Gasteiger partial charge on any atom is 0.152 e. The van der Waals surface area contributed by atoms with E-state index in [1.807, 2.05) is 27.8 Å². The van der Waals surface area contributed by atoms with Gasteiger partial charge in [-0.3, -0.25) is 9.69 Å². The molecule has 0 atom stereocenters. The highest BCUT2D eigenvalue weighted by molar-refractivity contribution is 5.85. The van der Waals surface area contributed by atoms with Crippen LogP contribution in [-0.2, 0) is 9.53 Å². The molecule has 0 spiro atoms. The average Bonchev–Trinajstić information content (AvgIpc) is 2.17. The van der Waals surface area contributed by atoms with Gasteiger partial charge in [-0.25, -0.2) is 0 Å². The van der Waals surface area contributed by atoms with Gasteiger partial charge in [0.25, 0.3) is 0 Å². The number of ether oxygens (including phenoxy) is 1. The van der Waals surface area contributed by atoms with Gasteiger partial charge in [-0.1, -0.05) is 20.8 Å². The van der Waals surface area contributed by atoms with Crippen LogP contribution in [0.5, 0.6) is 0 Å². The van der Waals surface area contributed by atoms with Crippen LogP contribution < -0.4 is 0 Å². The minimum Gasteiger partial charge on any atom is -0.381 e. The molecule has 0 radical (unpaired) electrons. The summed E-state index contributed by atoms with van der Waals surface area (Å²) in [5.74, 6) is 1.02. The zero-order valence-corrected chi connectivity index (χ0v) is 11.1. The maximum atomic E-state index is 11.9. The van der Waals surface area contributed by atoms with E-state index in [1.54, 1.807) is 0 Å². The molecule has 0 bridgehead atoms. The molecule has 1 fully saturated rings. The Morgan fingerprint density at radius 2 is 1.88 bits per heavy atom. The van der Waals surface area contributed by atoms with Crippen LogP contribution in [0.25, 0.3) is 0 Å².